The number of nitrogens with zero attached hydrogens (tertiary/aromatic N) is 3. The van der Waals surface area contributed by atoms with E-state index in [0.29, 0.717) is 5.92 Å². The molecule has 18 heavy (non-hydrogen) atoms. The number of carbonyl (C=O) groups is 1. The fourth-order valence-electron chi connectivity index (χ4n) is 2.35. The molecule has 0 N–H and O–H groups in total. The van der Waals surface area contributed by atoms with Crippen molar-refractivity contribution in [3.05, 3.63) is 22.6 Å². The van der Waals surface area contributed by atoms with E-state index >= 15 is 0 Å². The summed E-state index contributed by atoms with van der Waals surface area (Å²) in [5.41, 5.74) is 0.660. The molecule has 98 valence electrons. The largest absolute Gasteiger partial charge is 0.370 e. The molecule has 0 radical (unpaired) electrons. The van der Waals surface area contributed by atoms with E-state index in [1.165, 1.54) is 18.0 Å². The van der Waals surface area contributed by atoms with Gasteiger partial charge in [-0.3, -0.25) is 9.59 Å². The number of rotatable bonds is 3. The number of hydrogen-bond donors (Lipinski definition) is 0. The normalized spacial score (nSPS) is 19.9. The second kappa shape index (κ2) is 5.33. The van der Waals surface area contributed by atoms with Gasteiger partial charge in [-0.05, 0) is 25.7 Å². The maximum atomic E-state index is 11.8. The highest BCUT2D eigenvalue weighted by Crippen LogP contribution is 2.20. The number of piperidine rings is 1. The number of ketones is 1. The Bertz CT molecular complexity index is 495. The maximum absolute atomic E-state index is 11.8. The molecule has 5 heteroatoms. The van der Waals surface area contributed by atoms with Crippen LogP contribution in [0.25, 0.3) is 0 Å². The highest BCUT2D eigenvalue weighted by atomic mass is 16.1. The summed E-state index contributed by atoms with van der Waals surface area (Å²) in [4.78, 5) is 25.0. The van der Waals surface area contributed by atoms with Crippen molar-refractivity contribution in [3.8, 4) is 0 Å². The molecule has 1 atom stereocenters. The van der Waals surface area contributed by atoms with Gasteiger partial charge in [-0.25, -0.2) is 4.68 Å². The summed E-state index contributed by atoms with van der Waals surface area (Å²) >= 11 is 0. The van der Waals surface area contributed by atoms with Crippen molar-refractivity contribution in [2.75, 3.05) is 18.0 Å². The first-order chi connectivity index (χ1) is 8.56. The summed E-state index contributed by atoms with van der Waals surface area (Å²) in [5, 5.41) is 4.06. The minimum absolute atomic E-state index is 0.0511. The first-order valence-electron chi connectivity index (χ1n) is 6.38. The van der Waals surface area contributed by atoms with Crippen molar-refractivity contribution in [3.63, 3.8) is 0 Å². The standard InChI is InChI=1S/C13H19N3O2/c1-10-4-3-5-15(8-10)12-6-13(18)16(14-7-12)9-11(2)17/h6-7,10H,3-5,8-9H2,1-2H3. The summed E-state index contributed by atoms with van der Waals surface area (Å²) in [5.74, 6) is 0.586. The summed E-state index contributed by atoms with van der Waals surface area (Å²) in [6.45, 7) is 5.67. The Balaban J connectivity index is 2.18. The van der Waals surface area contributed by atoms with Crippen LogP contribution in [-0.4, -0.2) is 28.7 Å². The van der Waals surface area contributed by atoms with E-state index < -0.39 is 0 Å². The average molecular weight is 249 g/mol. The van der Waals surface area contributed by atoms with Crippen molar-refractivity contribution in [2.45, 2.75) is 33.2 Å². The Hall–Kier alpha value is -1.65. The Kier molecular flexibility index (Phi) is 3.79. The second-order valence-corrected chi connectivity index (χ2v) is 5.11. The lowest BCUT2D eigenvalue weighted by Gasteiger charge is -2.32. The summed E-state index contributed by atoms with van der Waals surface area (Å²) in [7, 11) is 0. The molecule has 0 amide bonds. The van der Waals surface area contributed by atoms with Gasteiger partial charge in [0, 0.05) is 19.2 Å². The maximum Gasteiger partial charge on any atom is 0.269 e. The number of Topliss-reactive ketones (excluding diaryl/α,β-unsaturated/α-hetero) is 1. The van der Waals surface area contributed by atoms with E-state index in [1.807, 2.05) is 0 Å². The summed E-state index contributed by atoms with van der Waals surface area (Å²) in [6.07, 6.45) is 4.07. The summed E-state index contributed by atoms with van der Waals surface area (Å²) in [6, 6.07) is 1.58. The van der Waals surface area contributed by atoms with Gasteiger partial charge in [0.2, 0.25) is 0 Å². The van der Waals surface area contributed by atoms with Crippen LogP contribution in [0.1, 0.15) is 26.7 Å². The van der Waals surface area contributed by atoms with E-state index in [2.05, 4.69) is 16.9 Å². The number of anilines is 1. The zero-order valence-electron chi connectivity index (χ0n) is 10.9. The van der Waals surface area contributed by atoms with Crippen LogP contribution in [0.2, 0.25) is 0 Å². The highest BCUT2D eigenvalue weighted by molar-refractivity contribution is 5.75. The molecule has 0 saturated carbocycles. The van der Waals surface area contributed by atoms with Gasteiger partial charge in [-0.15, -0.1) is 0 Å². The SMILES string of the molecule is CC(=O)Cn1ncc(N2CCCC(C)C2)cc1=O. The van der Waals surface area contributed by atoms with Crippen LogP contribution < -0.4 is 10.5 Å². The molecule has 2 rings (SSSR count). The topological polar surface area (TPSA) is 55.2 Å². The monoisotopic (exact) mass is 249 g/mol. The van der Waals surface area contributed by atoms with E-state index in [-0.39, 0.29) is 17.9 Å². The predicted octanol–water partition coefficient (Wildman–Crippen LogP) is 1.07. The third kappa shape index (κ3) is 2.97. The van der Waals surface area contributed by atoms with Crippen molar-refractivity contribution >= 4 is 11.5 Å². The lowest BCUT2D eigenvalue weighted by atomic mass is 10.00. The Morgan fingerprint density at radius 2 is 2.33 bits per heavy atom. The zero-order valence-corrected chi connectivity index (χ0v) is 10.9. The highest BCUT2D eigenvalue weighted by Gasteiger charge is 2.17. The molecular formula is C13H19N3O2. The molecule has 0 aliphatic carbocycles. The van der Waals surface area contributed by atoms with Crippen LogP contribution in [0.4, 0.5) is 5.69 Å². The van der Waals surface area contributed by atoms with Crippen LogP contribution in [0, 0.1) is 5.92 Å². The molecule has 1 saturated heterocycles. The molecule has 1 unspecified atom stereocenters. The Morgan fingerprint density at radius 3 is 2.94 bits per heavy atom. The van der Waals surface area contributed by atoms with Gasteiger partial charge in [-0.2, -0.15) is 5.10 Å². The van der Waals surface area contributed by atoms with E-state index in [9.17, 15) is 9.59 Å². The second-order valence-electron chi connectivity index (χ2n) is 5.11. The zero-order chi connectivity index (χ0) is 13.1. The first-order valence-corrected chi connectivity index (χ1v) is 6.38. The van der Waals surface area contributed by atoms with Crippen LogP contribution in [0.15, 0.2) is 17.1 Å². The molecule has 0 spiro atoms. The molecular weight excluding hydrogens is 230 g/mol. The Labute approximate surface area is 106 Å². The van der Waals surface area contributed by atoms with Gasteiger partial charge in [0.15, 0.2) is 5.78 Å². The van der Waals surface area contributed by atoms with E-state index in [4.69, 9.17) is 0 Å². The Morgan fingerprint density at radius 1 is 1.56 bits per heavy atom. The number of carbonyl (C=O) groups excluding carboxylic acids is 1. The molecule has 5 nitrogen and oxygen atoms in total. The smallest absolute Gasteiger partial charge is 0.269 e. The van der Waals surface area contributed by atoms with Gasteiger partial charge in [0.1, 0.15) is 6.54 Å². The average Bonchev–Trinajstić information content (AvgIpc) is 2.31. The van der Waals surface area contributed by atoms with Crippen molar-refractivity contribution in [1.29, 1.82) is 0 Å². The van der Waals surface area contributed by atoms with Crippen LogP contribution in [-0.2, 0) is 11.3 Å². The number of aromatic nitrogens is 2. The molecule has 1 aromatic heterocycles. The predicted molar refractivity (Wildman–Crippen MR) is 69.8 cm³/mol. The van der Waals surface area contributed by atoms with Gasteiger partial charge in [0.25, 0.3) is 5.56 Å². The van der Waals surface area contributed by atoms with Crippen LogP contribution in [0.5, 0.6) is 0 Å². The van der Waals surface area contributed by atoms with Crippen molar-refractivity contribution in [1.82, 2.24) is 9.78 Å². The lowest BCUT2D eigenvalue weighted by Crippen LogP contribution is -2.36. The molecule has 1 aliphatic heterocycles. The molecule has 0 aromatic carbocycles. The van der Waals surface area contributed by atoms with Gasteiger partial charge >= 0.3 is 0 Å². The van der Waals surface area contributed by atoms with E-state index in [1.54, 1.807) is 12.3 Å². The molecule has 2 heterocycles. The van der Waals surface area contributed by atoms with E-state index in [0.717, 1.165) is 25.2 Å². The van der Waals surface area contributed by atoms with Crippen molar-refractivity contribution < 1.29 is 4.79 Å². The van der Waals surface area contributed by atoms with Crippen molar-refractivity contribution in [2.24, 2.45) is 5.92 Å². The molecule has 1 aliphatic rings. The number of hydrogen-bond acceptors (Lipinski definition) is 4. The molecule has 1 aromatic rings. The minimum Gasteiger partial charge on any atom is -0.370 e. The molecule has 0 bridgehead atoms. The van der Waals surface area contributed by atoms with Gasteiger partial charge < -0.3 is 4.90 Å². The third-order valence-corrected chi connectivity index (χ3v) is 3.25. The molecule has 1 fully saturated rings. The first kappa shape index (κ1) is 12.8. The fourth-order valence-corrected chi connectivity index (χ4v) is 2.35. The van der Waals surface area contributed by atoms with Crippen LogP contribution in [0.3, 0.4) is 0 Å². The quantitative estimate of drug-likeness (QED) is 0.804. The fraction of sp³-hybridized carbons (Fsp3) is 0.615. The summed E-state index contributed by atoms with van der Waals surface area (Å²) < 4.78 is 1.21. The minimum atomic E-state index is -0.207. The van der Waals surface area contributed by atoms with Gasteiger partial charge in [0.05, 0.1) is 11.9 Å². The van der Waals surface area contributed by atoms with Gasteiger partial charge in [-0.1, -0.05) is 6.92 Å². The third-order valence-electron chi connectivity index (χ3n) is 3.25. The van der Waals surface area contributed by atoms with Crippen LogP contribution >= 0.6 is 0 Å². The lowest BCUT2D eigenvalue weighted by molar-refractivity contribution is -0.117.